The monoisotopic (exact) mass is 444 g/mol. The minimum atomic E-state index is -4.56. The van der Waals surface area contributed by atoms with Crippen molar-refractivity contribution in [1.82, 2.24) is 9.80 Å². The van der Waals surface area contributed by atoms with E-state index in [0.717, 1.165) is 18.6 Å². The quantitative estimate of drug-likeness (QED) is 0.411. The molecule has 1 aliphatic rings. The number of amides is 2. The molecule has 1 N–H and O–H groups in total. The molecule has 1 aromatic carbocycles. The van der Waals surface area contributed by atoms with Crippen LogP contribution in [0.2, 0.25) is 0 Å². The van der Waals surface area contributed by atoms with Crippen LogP contribution in [0.25, 0.3) is 0 Å². The molecule has 0 saturated carbocycles. The summed E-state index contributed by atoms with van der Waals surface area (Å²) in [5, 5.41) is 9.26. The molecule has 10 heteroatoms. The molecule has 2 amide bonds. The predicted octanol–water partition coefficient (Wildman–Crippen LogP) is 4.08. The first-order valence-corrected chi connectivity index (χ1v) is 10.2. The number of hydrogen-bond donors (Lipinski definition) is 1. The van der Waals surface area contributed by atoms with Gasteiger partial charge in [-0.2, -0.15) is 13.2 Å². The van der Waals surface area contributed by atoms with Gasteiger partial charge < -0.3 is 19.6 Å². The molecular formula is C21H27F3N2O5. The van der Waals surface area contributed by atoms with Crippen LogP contribution in [-0.2, 0) is 20.5 Å². The molecular weight excluding hydrogens is 417 g/mol. The van der Waals surface area contributed by atoms with Gasteiger partial charge in [-0.3, -0.25) is 9.59 Å². The molecule has 0 radical (unpaired) electrons. The Morgan fingerprint density at radius 3 is 2.58 bits per heavy atom. The first-order valence-electron chi connectivity index (χ1n) is 10.2. The third-order valence-corrected chi connectivity index (χ3v) is 5.08. The van der Waals surface area contributed by atoms with Crippen molar-refractivity contribution < 1.29 is 37.4 Å². The Balaban J connectivity index is 2.00. The summed E-state index contributed by atoms with van der Waals surface area (Å²) >= 11 is 0. The van der Waals surface area contributed by atoms with Crippen LogP contribution < -0.4 is 0 Å². The van der Waals surface area contributed by atoms with E-state index in [1.54, 1.807) is 11.8 Å². The maximum absolute atomic E-state index is 13.1. The Kier molecular flexibility index (Phi) is 8.70. The molecule has 0 bridgehead atoms. The molecule has 0 spiro atoms. The summed E-state index contributed by atoms with van der Waals surface area (Å²) < 4.78 is 44.1. The summed E-state index contributed by atoms with van der Waals surface area (Å²) in [6, 6.07) is 3.06. The fourth-order valence-corrected chi connectivity index (χ4v) is 3.58. The van der Waals surface area contributed by atoms with E-state index in [1.807, 2.05) is 0 Å². The highest BCUT2D eigenvalue weighted by Gasteiger charge is 2.37. The number of nitrogens with zero attached hydrogens (tertiary/aromatic N) is 2. The van der Waals surface area contributed by atoms with E-state index in [2.05, 4.69) is 0 Å². The fraction of sp³-hybridized carbons (Fsp3) is 0.571. The summed E-state index contributed by atoms with van der Waals surface area (Å²) in [6.07, 6.45) is -2.73. The smallest absolute Gasteiger partial charge is 0.416 e. The Morgan fingerprint density at radius 2 is 1.94 bits per heavy atom. The van der Waals surface area contributed by atoms with Gasteiger partial charge >= 0.3 is 24.1 Å². The van der Waals surface area contributed by atoms with E-state index in [9.17, 15) is 32.7 Å². The number of carbonyl (C=O) groups excluding carboxylic acids is 2. The molecule has 1 fully saturated rings. The zero-order valence-corrected chi connectivity index (χ0v) is 17.4. The van der Waals surface area contributed by atoms with Crippen LogP contribution in [0.1, 0.15) is 56.2 Å². The largest absolute Gasteiger partial charge is 0.481 e. The molecule has 7 nitrogen and oxygen atoms in total. The zero-order chi connectivity index (χ0) is 23.0. The molecule has 1 aromatic rings. The average Bonchev–Trinajstić information content (AvgIpc) is 3.05. The van der Waals surface area contributed by atoms with Crippen LogP contribution in [0, 0.1) is 0 Å². The van der Waals surface area contributed by atoms with Gasteiger partial charge in [-0.15, -0.1) is 0 Å². The van der Waals surface area contributed by atoms with E-state index < -0.39 is 36.2 Å². The standard InChI is InChI=1S/C21H27F3N2O5/c1-2-31-19(29)9-4-3-5-10-25-11-12-26(20(25)30)17(14-18(27)28)15-7-6-8-16(13-15)21(22,23)24/h6-8,13,17H,2-5,9-12,14H2,1H3,(H,27,28)/t17-/m0/s1. The molecule has 1 heterocycles. The van der Waals surface area contributed by atoms with Gasteiger partial charge in [-0.05, 0) is 37.5 Å². The maximum Gasteiger partial charge on any atom is 0.416 e. The van der Waals surface area contributed by atoms with Crippen LogP contribution in [0.5, 0.6) is 0 Å². The molecule has 172 valence electrons. The van der Waals surface area contributed by atoms with Gasteiger partial charge in [0, 0.05) is 26.1 Å². The normalized spacial score (nSPS) is 15.3. The molecule has 0 unspecified atom stereocenters. The minimum Gasteiger partial charge on any atom is -0.481 e. The van der Waals surface area contributed by atoms with Gasteiger partial charge in [0.05, 0.1) is 24.6 Å². The van der Waals surface area contributed by atoms with Gasteiger partial charge in [0.2, 0.25) is 0 Å². The van der Waals surface area contributed by atoms with Crippen LogP contribution in [0.4, 0.5) is 18.0 Å². The van der Waals surface area contributed by atoms with Crippen LogP contribution in [-0.4, -0.2) is 59.1 Å². The number of esters is 1. The van der Waals surface area contributed by atoms with Crippen molar-refractivity contribution in [1.29, 1.82) is 0 Å². The van der Waals surface area contributed by atoms with Crippen LogP contribution >= 0.6 is 0 Å². The second kappa shape index (κ2) is 11.0. The van der Waals surface area contributed by atoms with E-state index >= 15 is 0 Å². The SMILES string of the molecule is CCOC(=O)CCCCCN1CCN([C@@H](CC(=O)O)c2cccc(C(F)(F)F)c2)C1=O. The molecule has 2 rings (SSSR count). The third kappa shape index (κ3) is 7.15. The summed E-state index contributed by atoms with van der Waals surface area (Å²) in [5.41, 5.74) is -0.743. The fourth-order valence-electron chi connectivity index (χ4n) is 3.58. The minimum absolute atomic E-state index is 0.141. The van der Waals surface area contributed by atoms with Crippen molar-refractivity contribution in [2.75, 3.05) is 26.2 Å². The first kappa shape index (κ1) is 24.5. The number of benzene rings is 1. The van der Waals surface area contributed by atoms with Gasteiger partial charge in [0.15, 0.2) is 0 Å². The van der Waals surface area contributed by atoms with E-state index in [4.69, 9.17) is 4.74 Å². The second-order valence-electron chi connectivity index (χ2n) is 7.32. The van der Waals surface area contributed by atoms with Crippen molar-refractivity contribution in [3.8, 4) is 0 Å². The number of carboxylic acids is 1. The van der Waals surface area contributed by atoms with Crippen molar-refractivity contribution in [3.63, 3.8) is 0 Å². The Labute approximate surface area is 178 Å². The molecule has 1 saturated heterocycles. The summed E-state index contributed by atoms with van der Waals surface area (Å²) in [6.45, 7) is 3.10. The molecule has 1 aliphatic heterocycles. The number of hydrogen-bond acceptors (Lipinski definition) is 4. The van der Waals surface area contributed by atoms with E-state index in [1.165, 1.54) is 17.0 Å². The number of rotatable bonds is 11. The number of urea groups is 1. The lowest BCUT2D eigenvalue weighted by Gasteiger charge is -2.28. The average molecular weight is 444 g/mol. The highest BCUT2D eigenvalue weighted by molar-refractivity contribution is 5.78. The number of alkyl halides is 3. The van der Waals surface area contributed by atoms with Gasteiger partial charge in [0.25, 0.3) is 0 Å². The maximum atomic E-state index is 13.1. The van der Waals surface area contributed by atoms with E-state index in [-0.39, 0.29) is 18.1 Å². The topological polar surface area (TPSA) is 87.2 Å². The zero-order valence-electron chi connectivity index (χ0n) is 17.4. The van der Waals surface area contributed by atoms with Crippen molar-refractivity contribution in [3.05, 3.63) is 35.4 Å². The molecule has 0 aliphatic carbocycles. The number of unbranched alkanes of at least 4 members (excludes halogenated alkanes) is 2. The number of halogens is 3. The van der Waals surface area contributed by atoms with Crippen molar-refractivity contribution in [2.24, 2.45) is 0 Å². The van der Waals surface area contributed by atoms with Gasteiger partial charge in [-0.25, -0.2) is 4.79 Å². The lowest BCUT2D eigenvalue weighted by molar-refractivity contribution is -0.143. The number of carbonyl (C=O) groups is 3. The van der Waals surface area contributed by atoms with Gasteiger partial charge in [0.1, 0.15) is 0 Å². The first-order chi connectivity index (χ1) is 14.6. The molecule has 1 atom stereocenters. The number of carboxylic acid groups (broad SMARTS) is 1. The lowest BCUT2D eigenvalue weighted by Crippen LogP contribution is -2.36. The highest BCUT2D eigenvalue weighted by Crippen LogP contribution is 2.34. The van der Waals surface area contributed by atoms with Crippen molar-refractivity contribution >= 4 is 18.0 Å². The molecule has 31 heavy (non-hydrogen) atoms. The number of ether oxygens (including phenoxy) is 1. The van der Waals surface area contributed by atoms with E-state index in [0.29, 0.717) is 39.0 Å². The number of aliphatic carboxylic acids is 1. The van der Waals surface area contributed by atoms with Crippen LogP contribution in [0.15, 0.2) is 24.3 Å². The summed E-state index contributed by atoms with van der Waals surface area (Å²) in [5.74, 6) is -1.46. The Bertz CT molecular complexity index is 785. The lowest BCUT2D eigenvalue weighted by atomic mass is 10.00. The summed E-state index contributed by atoms with van der Waals surface area (Å²) in [4.78, 5) is 38.4. The highest BCUT2D eigenvalue weighted by atomic mass is 19.4. The van der Waals surface area contributed by atoms with Gasteiger partial charge in [-0.1, -0.05) is 18.6 Å². The second-order valence-corrected chi connectivity index (χ2v) is 7.32. The summed E-state index contributed by atoms with van der Waals surface area (Å²) in [7, 11) is 0. The predicted molar refractivity (Wildman–Crippen MR) is 105 cm³/mol. The van der Waals surface area contributed by atoms with Crippen molar-refractivity contribution in [2.45, 2.75) is 51.2 Å². The Hall–Kier alpha value is -2.78. The molecule has 0 aromatic heterocycles. The Morgan fingerprint density at radius 1 is 1.19 bits per heavy atom. The van der Waals surface area contributed by atoms with Crippen LogP contribution in [0.3, 0.4) is 0 Å². The third-order valence-electron chi connectivity index (χ3n) is 5.08.